The minimum absolute atomic E-state index is 0.209. The Labute approximate surface area is 174 Å². The molecule has 5 rings (SSSR count). The van der Waals surface area contributed by atoms with Crippen molar-refractivity contribution in [3.63, 3.8) is 0 Å². The molecule has 2 aromatic carbocycles. The number of benzene rings is 2. The number of halogens is 2. The van der Waals surface area contributed by atoms with Crippen LogP contribution in [0.2, 0.25) is 0 Å². The summed E-state index contributed by atoms with van der Waals surface area (Å²) < 4.78 is 31.0. The van der Waals surface area contributed by atoms with Crippen molar-refractivity contribution >= 4 is 12.2 Å². The van der Waals surface area contributed by atoms with E-state index in [-0.39, 0.29) is 23.0 Å². The fraction of sp³-hybridized carbons (Fsp3) is 0.348. The summed E-state index contributed by atoms with van der Waals surface area (Å²) in [5, 5.41) is 0. The minimum atomic E-state index is -0.383. The predicted molar refractivity (Wildman–Crippen MR) is 111 cm³/mol. The lowest BCUT2D eigenvalue weighted by molar-refractivity contribution is 0.330. The van der Waals surface area contributed by atoms with Gasteiger partial charge in [-0.1, -0.05) is 30.3 Å². The van der Waals surface area contributed by atoms with Crippen molar-refractivity contribution in [3.05, 3.63) is 87.5 Å². The SMILES string of the molecule is CN(CCc1[nH]c(=S)n2c1[C@@H]1C[C@]1(c1cc(F)ccc1F)C2)Cc1ccccc1. The highest BCUT2D eigenvalue weighted by Crippen LogP contribution is 2.66. The van der Waals surface area contributed by atoms with Gasteiger partial charge in [-0.3, -0.25) is 0 Å². The molecule has 0 saturated heterocycles. The summed E-state index contributed by atoms with van der Waals surface area (Å²) in [6.07, 6.45) is 1.71. The van der Waals surface area contributed by atoms with Crippen LogP contribution in [-0.4, -0.2) is 28.0 Å². The van der Waals surface area contributed by atoms with Crippen LogP contribution in [0.1, 0.15) is 34.9 Å². The number of nitrogens with one attached hydrogen (secondary N) is 1. The lowest BCUT2D eigenvalue weighted by Crippen LogP contribution is -2.21. The highest BCUT2D eigenvalue weighted by Gasteiger charge is 2.63. The van der Waals surface area contributed by atoms with Gasteiger partial charge < -0.3 is 14.5 Å². The van der Waals surface area contributed by atoms with Crippen molar-refractivity contribution < 1.29 is 8.78 Å². The van der Waals surface area contributed by atoms with Gasteiger partial charge in [0.2, 0.25) is 0 Å². The summed E-state index contributed by atoms with van der Waals surface area (Å²) in [6, 6.07) is 14.2. The summed E-state index contributed by atoms with van der Waals surface area (Å²) in [6.45, 7) is 2.41. The maximum atomic E-state index is 14.5. The standard InChI is InChI=1S/C23H23F2N3S/c1-27(13-15-5-3-2-4-6-15)10-9-20-21-18-12-23(18,14-28(21)22(29)26-20)17-11-16(24)7-8-19(17)25/h2-8,11,18H,9-10,12-14H2,1H3,(H,26,29)/t18-,23+/m0/s1. The van der Waals surface area contributed by atoms with Crippen LogP contribution in [0, 0.1) is 16.4 Å². The zero-order valence-corrected chi connectivity index (χ0v) is 17.1. The molecule has 0 amide bonds. The Morgan fingerprint density at radius 1 is 1.21 bits per heavy atom. The van der Waals surface area contributed by atoms with Crippen molar-refractivity contribution in [2.75, 3.05) is 13.6 Å². The second-order valence-electron chi connectivity index (χ2n) is 8.39. The monoisotopic (exact) mass is 411 g/mol. The molecule has 0 spiro atoms. The normalized spacial score (nSPS) is 22.0. The first-order valence-electron chi connectivity index (χ1n) is 9.97. The van der Waals surface area contributed by atoms with Gasteiger partial charge in [0, 0.05) is 48.8 Å². The summed E-state index contributed by atoms with van der Waals surface area (Å²) in [5.74, 6) is -0.495. The number of rotatable bonds is 6. The Morgan fingerprint density at radius 2 is 2.00 bits per heavy atom. The molecule has 1 aliphatic carbocycles. The van der Waals surface area contributed by atoms with Crippen LogP contribution < -0.4 is 0 Å². The van der Waals surface area contributed by atoms with Gasteiger partial charge in [-0.25, -0.2) is 8.78 Å². The molecule has 1 saturated carbocycles. The molecule has 6 heteroatoms. The second kappa shape index (κ2) is 6.89. The number of H-pyrrole nitrogens is 1. The average molecular weight is 412 g/mol. The highest BCUT2D eigenvalue weighted by molar-refractivity contribution is 7.71. The smallest absolute Gasteiger partial charge is 0.177 e. The van der Waals surface area contributed by atoms with Crippen LogP contribution in [0.3, 0.4) is 0 Å². The summed E-state index contributed by atoms with van der Waals surface area (Å²) in [5.41, 5.74) is 3.76. The van der Waals surface area contributed by atoms with Crippen molar-refractivity contribution in [1.29, 1.82) is 0 Å². The number of imidazole rings is 1. The third-order valence-electron chi connectivity index (χ3n) is 6.45. The Hall–Kier alpha value is -2.31. The zero-order valence-electron chi connectivity index (χ0n) is 16.3. The Kier molecular flexibility index (Phi) is 4.44. The molecular formula is C23H23F2N3S. The van der Waals surface area contributed by atoms with E-state index in [4.69, 9.17) is 12.2 Å². The molecule has 0 radical (unpaired) electrons. The van der Waals surface area contributed by atoms with E-state index < -0.39 is 0 Å². The number of aromatic nitrogens is 2. The van der Waals surface area contributed by atoms with Crippen LogP contribution >= 0.6 is 12.2 Å². The van der Waals surface area contributed by atoms with Crippen molar-refractivity contribution in [1.82, 2.24) is 14.5 Å². The van der Waals surface area contributed by atoms with Gasteiger partial charge in [0.15, 0.2) is 4.77 Å². The molecule has 3 aromatic rings. The third-order valence-corrected chi connectivity index (χ3v) is 6.77. The van der Waals surface area contributed by atoms with Crippen LogP contribution in [-0.2, 0) is 24.9 Å². The van der Waals surface area contributed by atoms with E-state index in [0.717, 1.165) is 31.6 Å². The molecule has 3 nitrogen and oxygen atoms in total. The van der Waals surface area contributed by atoms with Crippen molar-refractivity contribution in [3.8, 4) is 0 Å². The maximum absolute atomic E-state index is 14.5. The summed E-state index contributed by atoms with van der Waals surface area (Å²) in [7, 11) is 2.11. The zero-order chi connectivity index (χ0) is 20.2. The van der Waals surface area contributed by atoms with Gasteiger partial charge in [0.05, 0.1) is 0 Å². The largest absolute Gasteiger partial charge is 0.334 e. The lowest BCUT2D eigenvalue weighted by atomic mass is 9.93. The molecule has 2 heterocycles. The fourth-order valence-corrected chi connectivity index (χ4v) is 5.22. The molecule has 1 fully saturated rings. The number of aromatic amines is 1. The molecule has 1 aromatic heterocycles. The summed E-state index contributed by atoms with van der Waals surface area (Å²) in [4.78, 5) is 5.66. The van der Waals surface area contributed by atoms with Gasteiger partial charge in [0.25, 0.3) is 0 Å². The topological polar surface area (TPSA) is 24.0 Å². The average Bonchev–Trinajstić information content (AvgIpc) is 3.20. The molecule has 1 N–H and O–H groups in total. The first-order valence-corrected chi connectivity index (χ1v) is 10.4. The fourth-order valence-electron chi connectivity index (χ4n) is 4.94. The highest BCUT2D eigenvalue weighted by atomic mass is 32.1. The first kappa shape index (κ1) is 18.7. The van der Waals surface area contributed by atoms with E-state index in [1.807, 2.05) is 6.07 Å². The second-order valence-corrected chi connectivity index (χ2v) is 8.78. The van der Waals surface area contributed by atoms with Gasteiger partial charge in [0.1, 0.15) is 11.6 Å². The number of hydrogen-bond acceptors (Lipinski definition) is 2. The molecule has 150 valence electrons. The molecule has 2 aliphatic rings. The molecule has 29 heavy (non-hydrogen) atoms. The van der Waals surface area contributed by atoms with Crippen molar-refractivity contribution in [2.45, 2.75) is 37.3 Å². The number of hydrogen-bond donors (Lipinski definition) is 1. The number of fused-ring (bicyclic) bond motifs is 3. The molecule has 1 aliphatic heterocycles. The molecule has 2 atom stereocenters. The van der Waals surface area contributed by atoms with Gasteiger partial charge >= 0.3 is 0 Å². The van der Waals surface area contributed by atoms with Crippen LogP contribution in [0.5, 0.6) is 0 Å². The van der Waals surface area contributed by atoms with Gasteiger partial charge in [-0.2, -0.15) is 0 Å². The lowest BCUT2D eigenvalue weighted by Gasteiger charge is -2.16. The van der Waals surface area contributed by atoms with Crippen LogP contribution in [0.15, 0.2) is 48.5 Å². The number of likely N-dealkylation sites (N-methyl/N-ethyl adjacent to an activating group) is 1. The molecule has 0 unspecified atom stereocenters. The van der Waals surface area contributed by atoms with E-state index in [9.17, 15) is 8.78 Å². The van der Waals surface area contributed by atoms with E-state index in [2.05, 4.69) is 45.8 Å². The molecule has 0 bridgehead atoms. The quantitative estimate of drug-likeness (QED) is 0.581. The van der Waals surface area contributed by atoms with E-state index in [1.165, 1.54) is 29.5 Å². The van der Waals surface area contributed by atoms with Crippen molar-refractivity contribution in [2.24, 2.45) is 0 Å². The van der Waals surface area contributed by atoms with E-state index >= 15 is 0 Å². The first-order chi connectivity index (χ1) is 14.0. The Morgan fingerprint density at radius 3 is 2.79 bits per heavy atom. The minimum Gasteiger partial charge on any atom is -0.334 e. The number of nitrogens with zero attached hydrogens (tertiary/aromatic N) is 2. The van der Waals surface area contributed by atoms with Gasteiger partial charge in [-0.05, 0) is 55.0 Å². The van der Waals surface area contributed by atoms with E-state index in [0.29, 0.717) is 16.9 Å². The van der Waals surface area contributed by atoms with Crippen LogP contribution in [0.25, 0.3) is 0 Å². The maximum Gasteiger partial charge on any atom is 0.177 e. The third kappa shape index (κ3) is 3.15. The Balaban J connectivity index is 1.35. The molecular weight excluding hydrogens is 388 g/mol. The van der Waals surface area contributed by atoms with Crippen LogP contribution in [0.4, 0.5) is 8.78 Å². The summed E-state index contributed by atoms with van der Waals surface area (Å²) >= 11 is 5.54. The predicted octanol–water partition coefficient (Wildman–Crippen LogP) is 4.94. The Bertz CT molecular complexity index is 1120. The van der Waals surface area contributed by atoms with Gasteiger partial charge in [-0.15, -0.1) is 0 Å². The van der Waals surface area contributed by atoms with E-state index in [1.54, 1.807) is 0 Å².